The number of carbonyl (C=O) groups is 1. The second kappa shape index (κ2) is 10.6. The molecule has 36 heavy (non-hydrogen) atoms. The highest BCUT2D eigenvalue weighted by atomic mass is 16.6. The SMILES string of the molecule is CCCCN1/C(=C/C=C2OC(=O)C(CON)=C2c2ccccc2)Oc2ccc(-c3ccccc3)cc21. The number of hydrogen-bond acceptors (Lipinski definition) is 6. The van der Waals surface area contributed by atoms with Gasteiger partial charge in [0.05, 0.1) is 11.3 Å². The summed E-state index contributed by atoms with van der Waals surface area (Å²) in [6.45, 7) is 2.94. The van der Waals surface area contributed by atoms with Gasteiger partial charge in [-0.2, -0.15) is 0 Å². The number of anilines is 1. The van der Waals surface area contributed by atoms with Gasteiger partial charge in [0.15, 0.2) is 5.75 Å². The van der Waals surface area contributed by atoms with Crippen molar-refractivity contribution in [3.8, 4) is 16.9 Å². The highest BCUT2D eigenvalue weighted by Gasteiger charge is 2.31. The molecule has 3 aromatic carbocycles. The molecule has 5 rings (SSSR count). The molecule has 0 saturated heterocycles. The van der Waals surface area contributed by atoms with Crippen LogP contribution in [0.4, 0.5) is 5.69 Å². The van der Waals surface area contributed by atoms with Gasteiger partial charge in [0, 0.05) is 18.2 Å². The van der Waals surface area contributed by atoms with E-state index in [0.717, 1.165) is 47.5 Å². The van der Waals surface area contributed by atoms with Crippen molar-refractivity contribution in [2.24, 2.45) is 5.90 Å². The molecule has 6 nitrogen and oxygen atoms in total. The smallest absolute Gasteiger partial charge is 0.342 e. The number of cyclic esters (lactones) is 1. The number of ether oxygens (including phenoxy) is 2. The maximum Gasteiger partial charge on any atom is 0.342 e. The summed E-state index contributed by atoms with van der Waals surface area (Å²) in [4.78, 5) is 19.6. The van der Waals surface area contributed by atoms with Gasteiger partial charge >= 0.3 is 5.97 Å². The molecule has 0 amide bonds. The van der Waals surface area contributed by atoms with E-state index in [-0.39, 0.29) is 6.61 Å². The highest BCUT2D eigenvalue weighted by Crippen LogP contribution is 2.42. The van der Waals surface area contributed by atoms with Crippen molar-refractivity contribution in [3.63, 3.8) is 0 Å². The van der Waals surface area contributed by atoms with E-state index in [4.69, 9.17) is 20.2 Å². The predicted molar refractivity (Wildman–Crippen MR) is 141 cm³/mol. The summed E-state index contributed by atoms with van der Waals surface area (Å²) >= 11 is 0. The zero-order chi connectivity index (χ0) is 24.9. The number of hydrogen-bond donors (Lipinski definition) is 1. The van der Waals surface area contributed by atoms with E-state index in [1.807, 2.05) is 60.7 Å². The van der Waals surface area contributed by atoms with Crippen LogP contribution in [-0.4, -0.2) is 19.1 Å². The third kappa shape index (κ3) is 4.69. The van der Waals surface area contributed by atoms with E-state index >= 15 is 0 Å². The Labute approximate surface area is 210 Å². The molecule has 0 radical (unpaired) electrons. The molecule has 0 bridgehead atoms. The molecule has 0 aliphatic carbocycles. The molecule has 0 spiro atoms. The average Bonchev–Trinajstić information content (AvgIpc) is 3.43. The first-order valence-corrected chi connectivity index (χ1v) is 12.1. The maximum absolute atomic E-state index is 12.6. The van der Waals surface area contributed by atoms with E-state index < -0.39 is 5.97 Å². The lowest BCUT2D eigenvalue weighted by Crippen LogP contribution is -2.21. The Morgan fingerprint density at radius 1 is 0.889 bits per heavy atom. The molecule has 0 unspecified atom stereocenters. The number of rotatable bonds is 8. The predicted octanol–water partition coefficient (Wildman–Crippen LogP) is 5.98. The van der Waals surface area contributed by atoms with Crippen LogP contribution in [0.5, 0.6) is 5.75 Å². The van der Waals surface area contributed by atoms with Gasteiger partial charge in [-0.1, -0.05) is 80.1 Å². The molecule has 2 heterocycles. The van der Waals surface area contributed by atoms with Crippen molar-refractivity contribution >= 4 is 17.2 Å². The van der Waals surface area contributed by atoms with Crippen LogP contribution in [0.25, 0.3) is 16.7 Å². The molecule has 2 N–H and O–H groups in total. The Kier molecular flexibility index (Phi) is 6.98. The van der Waals surface area contributed by atoms with Gasteiger partial charge in [0.1, 0.15) is 12.4 Å². The molecule has 0 fully saturated rings. The lowest BCUT2D eigenvalue weighted by Gasteiger charge is -2.18. The Balaban J connectivity index is 1.52. The summed E-state index contributed by atoms with van der Waals surface area (Å²) < 4.78 is 11.9. The zero-order valence-electron chi connectivity index (χ0n) is 20.1. The van der Waals surface area contributed by atoms with Crippen LogP contribution in [0, 0.1) is 0 Å². The molecule has 6 heteroatoms. The summed E-state index contributed by atoms with van der Waals surface area (Å²) in [7, 11) is 0. The minimum atomic E-state index is -0.463. The normalized spacial score (nSPS) is 17.1. The lowest BCUT2D eigenvalue weighted by molar-refractivity contribution is -0.133. The standard InChI is InChI=1S/C30H28N2O4/c1-2-3-18-32-25-19-23(21-10-6-4-7-11-21)14-15-26(25)35-28(32)17-16-27-29(22-12-8-5-9-13-22)24(20-34-31)30(33)36-27/h4-17,19H,2-3,18,20,31H2,1H3/b27-16?,28-17-. The molecule has 3 aromatic rings. The topological polar surface area (TPSA) is 74.0 Å². The molecule has 182 valence electrons. The number of benzene rings is 3. The number of carbonyl (C=O) groups excluding carboxylic acids is 1. The second-order valence-corrected chi connectivity index (χ2v) is 8.61. The lowest BCUT2D eigenvalue weighted by atomic mass is 10.00. The first-order valence-electron chi connectivity index (χ1n) is 12.1. The number of esters is 1. The molecule has 0 saturated carbocycles. The summed E-state index contributed by atoms with van der Waals surface area (Å²) in [5, 5.41) is 0. The van der Waals surface area contributed by atoms with Crippen LogP contribution in [-0.2, 0) is 14.4 Å². The molecular weight excluding hydrogens is 452 g/mol. The van der Waals surface area contributed by atoms with Gasteiger partial charge in [0.2, 0.25) is 5.88 Å². The Morgan fingerprint density at radius 3 is 2.31 bits per heavy atom. The molecule has 2 aliphatic rings. The first kappa shape index (κ1) is 23.6. The van der Waals surface area contributed by atoms with Crippen LogP contribution in [0.15, 0.2) is 108 Å². The van der Waals surface area contributed by atoms with E-state index in [9.17, 15) is 4.79 Å². The quantitative estimate of drug-likeness (QED) is 0.316. The number of nitrogens with two attached hydrogens (primary N) is 1. The van der Waals surface area contributed by atoms with Crippen molar-refractivity contribution in [1.29, 1.82) is 0 Å². The molecule has 0 aromatic heterocycles. The molecule has 0 atom stereocenters. The fraction of sp³-hybridized carbons (Fsp3) is 0.167. The highest BCUT2D eigenvalue weighted by molar-refractivity contribution is 6.07. The summed E-state index contributed by atoms with van der Waals surface area (Å²) in [5.74, 6) is 6.75. The fourth-order valence-corrected chi connectivity index (χ4v) is 4.45. The summed E-state index contributed by atoms with van der Waals surface area (Å²) in [6.07, 6.45) is 5.70. The van der Waals surface area contributed by atoms with Crippen molar-refractivity contribution in [3.05, 3.63) is 114 Å². The molecular formula is C30H28N2O4. The van der Waals surface area contributed by atoms with Crippen LogP contribution >= 0.6 is 0 Å². The Bertz CT molecular complexity index is 1340. The van der Waals surface area contributed by atoms with Crippen molar-refractivity contribution in [1.82, 2.24) is 0 Å². The largest absolute Gasteiger partial charge is 0.439 e. The van der Waals surface area contributed by atoms with E-state index in [0.29, 0.717) is 22.8 Å². The first-order chi connectivity index (χ1) is 17.7. The Hall–Kier alpha value is -4.13. The zero-order valence-corrected chi connectivity index (χ0v) is 20.1. The Morgan fingerprint density at radius 2 is 1.61 bits per heavy atom. The molecule has 2 aliphatic heterocycles. The number of fused-ring (bicyclic) bond motifs is 1. The number of allylic oxidation sites excluding steroid dienone is 3. The van der Waals surface area contributed by atoms with Gasteiger partial charge in [-0.05, 0) is 41.3 Å². The van der Waals surface area contributed by atoms with Crippen LogP contribution in [0.1, 0.15) is 25.3 Å². The van der Waals surface area contributed by atoms with Gasteiger partial charge in [0.25, 0.3) is 0 Å². The maximum atomic E-state index is 12.6. The van der Waals surface area contributed by atoms with E-state index in [1.165, 1.54) is 0 Å². The number of unbranched alkanes of at least 4 members (excludes halogenated alkanes) is 1. The van der Waals surface area contributed by atoms with E-state index in [2.05, 4.69) is 36.1 Å². The van der Waals surface area contributed by atoms with Crippen molar-refractivity contribution in [2.45, 2.75) is 19.8 Å². The van der Waals surface area contributed by atoms with Crippen LogP contribution in [0.3, 0.4) is 0 Å². The van der Waals surface area contributed by atoms with Crippen molar-refractivity contribution < 1.29 is 19.1 Å². The van der Waals surface area contributed by atoms with Gasteiger partial charge in [-0.15, -0.1) is 0 Å². The third-order valence-corrected chi connectivity index (χ3v) is 6.24. The van der Waals surface area contributed by atoms with E-state index in [1.54, 1.807) is 6.08 Å². The van der Waals surface area contributed by atoms with Gasteiger partial charge in [-0.25, -0.2) is 10.7 Å². The van der Waals surface area contributed by atoms with Crippen LogP contribution in [0.2, 0.25) is 0 Å². The second-order valence-electron chi connectivity index (χ2n) is 8.61. The third-order valence-electron chi connectivity index (χ3n) is 6.24. The summed E-state index contributed by atoms with van der Waals surface area (Å²) in [5.41, 5.74) is 5.22. The van der Waals surface area contributed by atoms with Crippen molar-refractivity contribution in [2.75, 3.05) is 18.1 Å². The van der Waals surface area contributed by atoms with Gasteiger partial charge < -0.3 is 14.4 Å². The number of nitrogens with zero attached hydrogens (tertiary/aromatic N) is 1. The summed E-state index contributed by atoms with van der Waals surface area (Å²) in [6, 6.07) is 26.1. The average molecular weight is 481 g/mol. The fourth-order valence-electron chi connectivity index (χ4n) is 4.45. The minimum absolute atomic E-state index is 0.0379. The minimum Gasteiger partial charge on any atom is -0.439 e. The monoisotopic (exact) mass is 480 g/mol. The van der Waals surface area contributed by atoms with Gasteiger partial charge in [-0.3, -0.25) is 4.84 Å². The van der Waals surface area contributed by atoms with Crippen LogP contribution < -0.4 is 15.5 Å².